The molecule has 0 bridgehead atoms. The Morgan fingerprint density at radius 3 is 1.10 bits per heavy atom. The Morgan fingerprint density at radius 1 is 0.375 bits per heavy atom. The van der Waals surface area contributed by atoms with E-state index in [-0.39, 0.29) is 181 Å². The van der Waals surface area contributed by atoms with E-state index >= 15 is 0 Å². The van der Waals surface area contributed by atoms with Crippen LogP contribution in [0.1, 0.15) is 131 Å². The van der Waals surface area contributed by atoms with Gasteiger partial charge in [0.2, 0.25) is 0 Å². The molecule has 0 aliphatic carbocycles. The van der Waals surface area contributed by atoms with E-state index in [9.17, 15) is 27.4 Å². The molecular weight excluding hydrogens is 873 g/mol. The number of hydrogen-bond acceptors (Lipinski definition) is 2. The quantitative estimate of drug-likeness (QED) is 0.151. The monoisotopic (exact) mass is 955 g/mol. The molecule has 13 aromatic rings. The van der Waals surface area contributed by atoms with Crippen molar-refractivity contribution < 1.29 is 27.4 Å². The summed E-state index contributed by atoms with van der Waals surface area (Å²) in [6.45, 7) is 17.7. The van der Waals surface area contributed by atoms with Gasteiger partial charge in [-0.15, -0.1) is 0 Å². The Morgan fingerprint density at radius 2 is 0.750 bits per heavy atom. The standard InChI is InChI=1S/C68H62N4/c1-41(2)43-21-27-49(28-22-43)69(47-17-13-11-14-18-47)59-35-31-51-53-39-62-54(40-61(53)71-57-33-25-45(67(5,6)7)37-55(57)63(59)65(51)71)52-32-36-60(64-56-38-46(68(8,9)10)26-34-58(56)72(62)66(52)64)70(48-19-15-12-16-20-48)50-29-23-44(24-30-50)42(3)4/h11-42H,1-10H3/i21D,22D,23D,24D,25D,26D,27D,28D,29D,30D,31D,32D,33D,34D,35D,36D,37D,38D,39D,40D. The lowest BCUT2D eigenvalue weighted by molar-refractivity contribution is 0.591. The van der Waals surface area contributed by atoms with Gasteiger partial charge >= 0.3 is 0 Å². The van der Waals surface area contributed by atoms with E-state index in [0.29, 0.717) is 0 Å². The highest BCUT2D eigenvalue weighted by Crippen LogP contribution is 2.52. The van der Waals surface area contributed by atoms with Gasteiger partial charge in [0, 0.05) is 65.8 Å². The summed E-state index contributed by atoms with van der Waals surface area (Å²) in [6.07, 6.45) is 0. The van der Waals surface area contributed by atoms with Crippen LogP contribution >= 0.6 is 0 Å². The van der Waals surface area contributed by atoms with Crippen LogP contribution in [0.4, 0.5) is 34.1 Å². The van der Waals surface area contributed by atoms with E-state index in [1.165, 1.54) is 18.6 Å². The van der Waals surface area contributed by atoms with Crippen LogP contribution < -0.4 is 9.80 Å². The molecule has 354 valence electrons. The van der Waals surface area contributed by atoms with Crippen molar-refractivity contribution in [3.05, 3.63) is 204 Å². The average Bonchev–Trinajstić information content (AvgIpc) is 1.48. The Kier molecular flexibility index (Phi) is 6.09. The van der Waals surface area contributed by atoms with E-state index in [4.69, 9.17) is 0 Å². The molecule has 4 heteroatoms. The lowest BCUT2D eigenvalue weighted by atomic mass is 9.86. The summed E-state index contributed by atoms with van der Waals surface area (Å²) in [5.41, 5.74) is -2.52. The van der Waals surface area contributed by atoms with Crippen LogP contribution in [0.3, 0.4) is 0 Å². The summed E-state index contributed by atoms with van der Waals surface area (Å²) in [4.78, 5) is 2.71. The molecule has 0 aliphatic heterocycles. The maximum Gasteiger partial charge on any atom is 0.0653 e. The second-order valence-corrected chi connectivity index (χ2v) is 21.4. The zero-order valence-electron chi connectivity index (χ0n) is 61.7. The number of aromatic nitrogens is 2. The van der Waals surface area contributed by atoms with Crippen molar-refractivity contribution in [2.45, 2.75) is 91.9 Å². The number of fused-ring (bicyclic) bond motifs is 12. The first-order chi connectivity index (χ1) is 43.1. The summed E-state index contributed by atoms with van der Waals surface area (Å²) in [5, 5.41) is -0.597. The second kappa shape index (κ2) is 15.8. The van der Waals surface area contributed by atoms with Crippen LogP contribution in [0, 0.1) is 0 Å². The molecule has 0 spiro atoms. The minimum atomic E-state index is -0.971. The zero-order chi connectivity index (χ0) is 66.9. The van der Waals surface area contributed by atoms with Crippen molar-refractivity contribution in [1.82, 2.24) is 8.80 Å². The molecule has 4 nitrogen and oxygen atoms in total. The van der Waals surface area contributed by atoms with Crippen molar-refractivity contribution in [3.8, 4) is 0 Å². The minimum absolute atomic E-state index is 0.00396. The highest BCUT2D eigenvalue weighted by Gasteiger charge is 2.29. The predicted octanol–water partition coefficient (Wildman–Crippen LogP) is 19.8. The Labute approximate surface area is 451 Å². The molecule has 0 saturated heterocycles. The summed E-state index contributed by atoms with van der Waals surface area (Å²) in [5.74, 6) is -0.903. The molecule has 72 heavy (non-hydrogen) atoms. The van der Waals surface area contributed by atoms with Crippen LogP contribution in [0.5, 0.6) is 0 Å². The molecule has 0 N–H and O–H groups in total. The van der Waals surface area contributed by atoms with Crippen molar-refractivity contribution >= 4 is 110 Å². The third-order valence-corrected chi connectivity index (χ3v) is 13.8. The molecule has 4 heterocycles. The van der Waals surface area contributed by atoms with Gasteiger partial charge in [-0.05, 0) is 142 Å². The van der Waals surface area contributed by atoms with Gasteiger partial charge in [0.1, 0.15) is 0 Å². The molecule has 0 aliphatic rings. The van der Waals surface area contributed by atoms with E-state index in [2.05, 4.69) is 0 Å². The molecule has 9 aromatic carbocycles. The topological polar surface area (TPSA) is 15.3 Å². The molecule has 4 aromatic heterocycles. The molecular formula is C68H62N4. The smallest absolute Gasteiger partial charge is 0.0653 e. The Bertz CT molecular complexity index is 5040. The van der Waals surface area contributed by atoms with Crippen LogP contribution in [-0.4, -0.2) is 8.80 Å². The van der Waals surface area contributed by atoms with Crippen molar-refractivity contribution in [3.63, 3.8) is 0 Å². The number of rotatable bonds is 8. The Balaban J connectivity index is 1.32. The fourth-order valence-corrected chi connectivity index (χ4v) is 10.0. The fraction of sp³-hybridized carbons (Fsp3) is 0.206. The maximum absolute atomic E-state index is 10.8. The van der Waals surface area contributed by atoms with Gasteiger partial charge in [0.15, 0.2) is 0 Å². The van der Waals surface area contributed by atoms with Crippen molar-refractivity contribution in [1.29, 1.82) is 0 Å². The van der Waals surface area contributed by atoms with Crippen LogP contribution in [0.25, 0.3) is 76.2 Å². The first-order valence-electron chi connectivity index (χ1n) is 34.4. The molecule has 0 radical (unpaired) electrons. The SMILES string of the molecule is [2H]c1c([2H])c(N(c2ccccc2)c2c([2H])c([2H])c3c4c([2H])c5c(c([2H])c4n4c6c([2H])c([2H])c(C(C)(C)C)c([2H])c6c2c34)c2c([2H])c([2H])c(N(c3ccccc3)c3c([2H])c([2H])c(C(C)C)c([2H])c3[2H])c3c4c([2H])c(C(C)(C)C)c([2H])c([2H])c4n5c23)c([2H])c([2H])c1C(C)C. The van der Waals surface area contributed by atoms with E-state index in [1.807, 2.05) is 0 Å². The number of benzene rings is 9. The van der Waals surface area contributed by atoms with Crippen LogP contribution in [0.2, 0.25) is 0 Å². The van der Waals surface area contributed by atoms with Gasteiger partial charge in [-0.2, -0.15) is 0 Å². The van der Waals surface area contributed by atoms with Gasteiger partial charge in [0.25, 0.3) is 0 Å². The van der Waals surface area contributed by atoms with Crippen LogP contribution in [0.15, 0.2) is 182 Å². The number of anilines is 6. The summed E-state index contributed by atoms with van der Waals surface area (Å²) in [6, 6.07) is 8.11. The molecule has 0 saturated carbocycles. The number of para-hydroxylation sites is 2. The molecule has 13 rings (SSSR count). The normalized spacial score (nSPS) is 16.7. The highest BCUT2D eigenvalue weighted by atomic mass is 15.2. The average molecular weight is 955 g/mol. The first kappa shape index (κ1) is 27.7. The van der Waals surface area contributed by atoms with Gasteiger partial charge < -0.3 is 18.6 Å². The number of nitrogens with zero attached hydrogens (tertiary/aromatic N) is 4. The minimum Gasteiger partial charge on any atom is -0.310 e. The largest absolute Gasteiger partial charge is 0.310 e. The van der Waals surface area contributed by atoms with Gasteiger partial charge in [-0.3, -0.25) is 0 Å². The van der Waals surface area contributed by atoms with Crippen LogP contribution in [-0.2, 0) is 10.8 Å². The van der Waals surface area contributed by atoms with Gasteiger partial charge in [0.05, 0.1) is 71.9 Å². The maximum atomic E-state index is 10.8. The van der Waals surface area contributed by atoms with E-state index in [0.717, 1.165) is 0 Å². The van der Waals surface area contributed by atoms with Gasteiger partial charge in [-0.1, -0.05) is 154 Å². The number of hydrogen-bond donors (Lipinski definition) is 0. The Hall–Kier alpha value is -7.82. The van der Waals surface area contributed by atoms with E-state index in [1.54, 1.807) is 130 Å². The summed E-state index contributed by atoms with van der Waals surface area (Å²) < 4.78 is 202. The molecule has 0 amide bonds. The zero-order valence-corrected chi connectivity index (χ0v) is 41.7. The third-order valence-electron chi connectivity index (χ3n) is 13.8. The lowest BCUT2D eigenvalue weighted by Crippen LogP contribution is -2.11. The summed E-state index contributed by atoms with van der Waals surface area (Å²) in [7, 11) is 0. The van der Waals surface area contributed by atoms with Crippen molar-refractivity contribution in [2.24, 2.45) is 0 Å². The third kappa shape index (κ3) is 6.57. The van der Waals surface area contributed by atoms with Gasteiger partial charge in [-0.25, -0.2) is 0 Å². The van der Waals surface area contributed by atoms with Crippen molar-refractivity contribution in [2.75, 3.05) is 9.80 Å². The molecule has 0 atom stereocenters. The summed E-state index contributed by atoms with van der Waals surface area (Å²) >= 11 is 0. The van der Waals surface area contributed by atoms with E-state index < -0.39 is 95.2 Å². The highest BCUT2D eigenvalue weighted by molar-refractivity contribution is 6.32. The second-order valence-electron chi connectivity index (χ2n) is 21.4. The predicted molar refractivity (Wildman–Crippen MR) is 311 cm³/mol. The lowest BCUT2D eigenvalue weighted by Gasteiger charge is -2.27. The molecule has 0 fully saturated rings. The fourth-order valence-electron chi connectivity index (χ4n) is 10.0. The molecule has 0 unspecified atom stereocenters. The first-order valence-corrected chi connectivity index (χ1v) is 24.4.